The zero-order chi connectivity index (χ0) is 21.2. The molecule has 2 amide bonds. The second-order valence-electron chi connectivity index (χ2n) is 8.69. The molecule has 3 rings (SSSR count). The topological polar surface area (TPSA) is 96.4 Å². The van der Waals surface area contributed by atoms with Crippen LogP contribution in [0.5, 0.6) is 0 Å². The monoisotopic (exact) mass is 404 g/mol. The Morgan fingerprint density at radius 3 is 2.34 bits per heavy atom. The van der Waals surface area contributed by atoms with Crippen molar-refractivity contribution >= 4 is 18.2 Å². The number of carboxylic acid groups (broad SMARTS) is 1. The number of piperidine rings is 1. The summed E-state index contributed by atoms with van der Waals surface area (Å²) < 4.78 is 11.1. The lowest BCUT2D eigenvalue weighted by Crippen LogP contribution is -2.49. The van der Waals surface area contributed by atoms with Crippen molar-refractivity contribution in [1.29, 1.82) is 0 Å². The summed E-state index contributed by atoms with van der Waals surface area (Å²) in [7, 11) is 0. The minimum Gasteiger partial charge on any atom is -0.478 e. The summed E-state index contributed by atoms with van der Waals surface area (Å²) in [5.41, 5.74) is 0.113. The van der Waals surface area contributed by atoms with Gasteiger partial charge in [-0.05, 0) is 44.9 Å². The maximum absolute atomic E-state index is 12.3. The van der Waals surface area contributed by atoms with Crippen molar-refractivity contribution in [2.24, 2.45) is 0 Å². The predicted octanol–water partition coefficient (Wildman–Crippen LogP) is 3.15. The highest BCUT2D eigenvalue weighted by Gasteiger charge is 2.47. The number of rotatable bonds is 4. The van der Waals surface area contributed by atoms with Gasteiger partial charge < -0.3 is 24.4 Å². The molecule has 8 heteroatoms. The largest absolute Gasteiger partial charge is 0.478 e. The van der Waals surface area contributed by atoms with Crippen LogP contribution in [0.3, 0.4) is 0 Å². The van der Waals surface area contributed by atoms with Crippen molar-refractivity contribution in [1.82, 2.24) is 9.80 Å². The van der Waals surface area contributed by atoms with Gasteiger partial charge in [-0.25, -0.2) is 14.4 Å². The molecule has 2 heterocycles. The Balaban J connectivity index is 1.51. The molecular formula is C21H28N2O6. The van der Waals surface area contributed by atoms with E-state index in [4.69, 9.17) is 14.6 Å². The Morgan fingerprint density at radius 1 is 1.17 bits per heavy atom. The van der Waals surface area contributed by atoms with Crippen molar-refractivity contribution in [2.45, 2.75) is 51.2 Å². The molecule has 0 radical (unpaired) electrons. The minimum absolute atomic E-state index is 0.241. The Hall–Kier alpha value is -2.77. The fraction of sp³-hybridized carbons (Fsp3) is 0.571. The molecule has 0 unspecified atom stereocenters. The van der Waals surface area contributed by atoms with Gasteiger partial charge in [0.25, 0.3) is 0 Å². The Morgan fingerprint density at radius 2 is 1.79 bits per heavy atom. The molecule has 1 aromatic rings. The van der Waals surface area contributed by atoms with E-state index < -0.39 is 17.2 Å². The van der Waals surface area contributed by atoms with Crippen LogP contribution in [0.2, 0.25) is 0 Å². The zero-order valence-electron chi connectivity index (χ0n) is 17.1. The standard InChI is InChI=1S/C21H28N2O6/c1-20(2,3)28-18(26)22-12-9-21(10-13-22)14-23(19(27)29-21)11-8-15-4-6-16(7-5-15)17(24)25/h4-7H,8-14H2,1-3H3,(H,24,25). The molecule has 2 fully saturated rings. The molecule has 29 heavy (non-hydrogen) atoms. The van der Waals surface area contributed by atoms with E-state index in [0.717, 1.165) is 5.56 Å². The second-order valence-corrected chi connectivity index (χ2v) is 8.69. The van der Waals surface area contributed by atoms with Gasteiger partial charge >= 0.3 is 18.2 Å². The van der Waals surface area contributed by atoms with E-state index in [2.05, 4.69) is 0 Å². The Bertz CT molecular complexity index is 775. The van der Waals surface area contributed by atoms with Crippen LogP contribution in [0.25, 0.3) is 0 Å². The summed E-state index contributed by atoms with van der Waals surface area (Å²) in [4.78, 5) is 38.8. The molecule has 2 aliphatic rings. The van der Waals surface area contributed by atoms with Gasteiger partial charge in [-0.15, -0.1) is 0 Å². The van der Waals surface area contributed by atoms with E-state index >= 15 is 0 Å². The van der Waals surface area contributed by atoms with Gasteiger partial charge in [-0.1, -0.05) is 12.1 Å². The third-order valence-corrected chi connectivity index (χ3v) is 5.24. The number of nitrogens with zero attached hydrogens (tertiary/aromatic N) is 2. The van der Waals surface area contributed by atoms with E-state index in [9.17, 15) is 14.4 Å². The number of hydrogen-bond donors (Lipinski definition) is 1. The number of ether oxygens (including phenoxy) is 2. The van der Waals surface area contributed by atoms with Crippen molar-refractivity contribution in [2.75, 3.05) is 26.2 Å². The van der Waals surface area contributed by atoms with Crippen LogP contribution in [0.4, 0.5) is 9.59 Å². The lowest BCUT2D eigenvalue weighted by atomic mass is 9.91. The average molecular weight is 404 g/mol. The van der Waals surface area contributed by atoms with Crippen molar-refractivity contribution in [3.8, 4) is 0 Å². The highest BCUT2D eigenvalue weighted by molar-refractivity contribution is 5.87. The predicted molar refractivity (Wildman–Crippen MR) is 105 cm³/mol. The van der Waals surface area contributed by atoms with Crippen LogP contribution in [0.1, 0.15) is 49.5 Å². The number of amides is 2. The van der Waals surface area contributed by atoms with E-state index in [1.54, 1.807) is 34.1 Å². The molecule has 8 nitrogen and oxygen atoms in total. The van der Waals surface area contributed by atoms with E-state index in [0.29, 0.717) is 45.4 Å². The van der Waals surface area contributed by atoms with Crippen molar-refractivity contribution in [3.63, 3.8) is 0 Å². The summed E-state index contributed by atoms with van der Waals surface area (Å²) in [5, 5.41) is 8.96. The molecule has 0 aromatic heterocycles. The first-order valence-electron chi connectivity index (χ1n) is 9.85. The normalized spacial score (nSPS) is 18.7. The van der Waals surface area contributed by atoms with Gasteiger partial charge in [0, 0.05) is 32.5 Å². The molecule has 158 valence electrons. The van der Waals surface area contributed by atoms with Crippen molar-refractivity contribution in [3.05, 3.63) is 35.4 Å². The lowest BCUT2D eigenvalue weighted by Gasteiger charge is -2.37. The number of likely N-dealkylation sites (tertiary alicyclic amines) is 1. The van der Waals surface area contributed by atoms with Gasteiger partial charge in [0.1, 0.15) is 11.2 Å². The Kier molecular flexibility index (Phi) is 5.73. The van der Waals surface area contributed by atoms with Crippen molar-refractivity contribution < 1.29 is 29.0 Å². The number of carbonyl (C=O) groups excluding carboxylic acids is 2. The van der Waals surface area contributed by atoms with Gasteiger partial charge in [0.2, 0.25) is 0 Å². The number of carboxylic acids is 1. The third kappa shape index (κ3) is 5.19. The minimum atomic E-state index is -0.959. The quantitative estimate of drug-likeness (QED) is 0.828. The molecular weight excluding hydrogens is 376 g/mol. The Labute approximate surface area is 170 Å². The van der Waals surface area contributed by atoms with E-state index in [1.807, 2.05) is 20.8 Å². The molecule has 0 saturated carbocycles. The zero-order valence-corrected chi connectivity index (χ0v) is 17.1. The first kappa shape index (κ1) is 21.0. The van der Waals surface area contributed by atoms with Gasteiger partial charge in [0.05, 0.1) is 12.1 Å². The maximum atomic E-state index is 12.3. The SMILES string of the molecule is CC(C)(C)OC(=O)N1CCC2(CC1)CN(CCc1ccc(C(=O)O)cc1)C(=O)O2. The van der Waals surface area contributed by atoms with E-state index in [-0.39, 0.29) is 17.7 Å². The smallest absolute Gasteiger partial charge is 0.410 e. The number of aromatic carboxylic acids is 1. The molecule has 0 aliphatic carbocycles. The highest BCUT2D eigenvalue weighted by atomic mass is 16.6. The number of hydrogen-bond acceptors (Lipinski definition) is 5. The van der Waals surface area contributed by atoms with Gasteiger partial charge in [0.15, 0.2) is 0 Å². The molecule has 1 aromatic carbocycles. The highest BCUT2D eigenvalue weighted by Crippen LogP contribution is 2.33. The average Bonchev–Trinajstić information content (AvgIpc) is 2.94. The summed E-state index contributed by atoms with van der Waals surface area (Å²) in [5.74, 6) is -0.959. The molecule has 1 spiro atoms. The van der Waals surface area contributed by atoms with Gasteiger partial charge in [-0.2, -0.15) is 0 Å². The first-order valence-corrected chi connectivity index (χ1v) is 9.85. The first-order chi connectivity index (χ1) is 13.6. The van der Waals surface area contributed by atoms with E-state index in [1.165, 1.54) is 0 Å². The van der Waals surface area contributed by atoms with Crippen LogP contribution in [-0.4, -0.2) is 70.4 Å². The molecule has 0 atom stereocenters. The molecule has 1 N–H and O–H groups in total. The van der Waals surface area contributed by atoms with Crippen LogP contribution < -0.4 is 0 Å². The molecule has 2 saturated heterocycles. The van der Waals surface area contributed by atoms with Crippen LogP contribution in [0.15, 0.2) is 24.3 Å². The summed E-state index contributed by atoms with van der Waals surface area (Å²) >= 11 is 0. The fourth-order valence-corrected chi connectivity index (χ4v) is 3.63. The molecule has 2 aliphatic heterocycles. The summed E-state index contributed by atoms with van der Waals surface area (Å²) in [6.07, 6.45) is 1.12. The fourth-order valence-electron chi connectivity index (χ4n) is 3.63. The third-order valence-electron chi connectivity index (χ3n) is 5.24. The summed E-state index contributed by atoms with van der Waals surface area (Å²) in [6, 6.07) is 6.65. The number of carbonyl (C=O) groups is 3. The second kappa shape index (κ2) is 7.93. The summed E-state index contributed by atoms with van der Waals surface area (Å²) in [6.45, 7) is 7.50. The van der Waals surface area contributed by atoms with Crippen LogP contribution in [-0.2, 0) is 15.9 Å². The lowest BCUT2D eigenvalue weighted by molar-refractivity contribution is -0.0170. The number of benzene rings is 1. The van der Waals surface area contributed by atoms with Crippen LogP contribution >= 0.6 is 0 Å². The maximum Gasteiger partial charge on any atom is 0.410 e. The molecule has 0 bridgehead atoms. The van der Waals surface area contributed by atoms with Gasteiger partial charge in [-0.3, -0.25) is 0 Å². The van der Waals surface area contributed by atoms with Crippen LogP contribution in [0, 0.1) is 0 Å².